The van der Waals surface area contributed by atoms with Gasteiger partial charge >= 0.3 is 0 Å². The fraction of sp³-hybridized carbons (Fsp3) is 0.933. The van der Waals surface area contributed by atoms with Gasteiger partial charge < -0.3 is 5.32 Å². The van der Waals surface area contributed by atoms with Gasteiger partial charge in [-0.15, -0.1) is 0 Å². The number of likely N-dealkylation sites (tertiary alicyclic amines) is 1. The van der Waals surface area contributed by atoms with Crippen LogP contribution >= 0.6 is 0 Å². The van der Waals surface area contributed by atoms with E-state index >= 15 is 0 Å². The molecule has 3 fully saturated rings. The Morgan fingerprint density at radius 1 is 1.17 bits per heavy atom. The molecule has 18 heavy (non-hydrogen) atoms. The van der Waals surface area contributed by atoms with Gasteiger partial charge in [-0.1, -0.05) is 13.3 Å². The van der Waals surface area contributed by atoms with E-state index in [0.29, 0.717) is 12.6 Å². The molecule has 0 aromatic rings. The molecule has 3 rings (SSSR count). The predicted octanol–water partition coefficient (Wildman–Crippen LogP) is 2.02. The first-order valence-electron chi connectivity index (χ1n) is 7.72. The zero-order valence-corrected chi connectivity index (χ0v) is 11.5. The van der Waals surface area contributed by atoms with Gasteiger partial charge in [-0.3, -0.25) is 9.69 Å². The highest BCUT2D eigenvalue weighted by Gasteiger charge is 2.40. The number of carbonyl (C=O) groups excluding carboxylic acids is 1. The molecule has 3 heteroatoms. The number of fused-ring (bicyclic) bond motifs is 2. The number of hydrogen-bond donors (Lipinski definition) is 1. The first kappa shape index (κ1) is 12.5. The third kappa shape index (κ3) is 2.71. The van der Waals surface area contributed by atoms with Crippen molar-refractivity contribution in [2.45, 2.75) is 51.5 Å². The van der Waals surface area contributed by atoms with Gasteiger partial charge in [-0.05, 0) is 62.9 Å². The molecule has 0 aromatic carbocycles. The molecule has 0 spiro atoms. The van der Waals surface area contributed by atoms with Gasteiger partial charge in [0.1, 0.15) is 0 Å². The Morgan fingerprint density at radius 2 is 1.94 bits per heavy atom. The summed E-state index contributed by atoms with van der Waals surface area (Å²) in [6, 6.07) is 0.500. The molecular formula is C15H26N2O. The summed E-state index contributed by atoms with van der Waals surface area (Å²) in [6.45, 7) is 5.14. The van der Waals surface area contributed by atoms with Crippen LogP contribution in [0.15, 0.2) is 0 Å². The fourth-order valence-corrected chi connectivity index (χ4v) is 4.10. The van der Waals surface area contributed by atoms with Gasteiger partial charge in [0.15, 0.2) is 0 Å². The summed E-state index contributed by atoms with van der Waals surface area (Å²) in [4.78, 5) is 14.4. The topological polar surface area (TPSA) is 32.3 Å². The van der Waals surface area contributed by atoms with Crippen molar-refractivity contribution in [3.63, 3.8) is 0 Å². The fourth-order valence-electron chi connectivity index (χ4n) is 4.10. The zero-order valence-electron chi connectivity index (χ0n) is 11.5. The normalized spacial score (nSPS) is 37.1. The van der Waals surface area contributed by atoms with Gasteiger partial charge in [-0.25, -0.2) is 0 Å². The summed E-state index contributed by atoms with van der Waals surface area (Å²) in [5, 5.41) is 3.29. The van der Waals surface area contributed by atoms with E-state index in [1.807, 2.05) is 0 Å². The number of nitrogens with zero attached hydrogens (tertiary/aromatic N) is 1. The highest BCUT2D eigenvalue weighted by molar-refractivity contribution is 5.78. The summed E-state index contributed by atoms with van der Waals surface area (Å²) < 4.78 is 0. The van der Waals surface area contributed by atoms with Crippen molar-refractivity contribution in [3.05, 3.63) is 0 Å². The lowest BCUT2D eigenvalue weighted by molar-refractivity contribution is -0.123. The van der Waals surface area contributed by atoms with Crippen LogP contribution in [0.25, 0.3) is 0 Å². The molecule has 2 saturated carbocycles. The van der Waals surface area contributed by atoms with E-state index in [0.717, 1.165) is 30.8 Å². The van der Waals surface area contributed by atoms with E-state index in [9.17, 15) is 4.79 Å². The number of carbonyl (C=O) groups is 1. The highest BCUT2D eigenvalue weighted by Crippen LogP contribution is 2.44. The molecule has 2 bridgehead atoms. The Labute approximate surface area is 110 Å². The van der Waals surface area contributed by atoms with Crippen molar-refractivity contribution in [2.24, 2.45) is 17.8 Å². The van der Waals surface area contributed by atoms with Crippen molar-refractivity contribution in [1.29, 1.82) is 0 Å². The Balaban J connectivity index is 1.42. The Kier molecular flexibility index (Phi) is 3.60. The maximum Gasteiger partial charge on any atom is 0.234 e. The molecule has 102 valence electrons. The van der Waals surface area contributed by atoms with E-state index in [-0.39, 0.29) is 5.91 Å². The van der Waals surface area contributed by atoms with Crippen molar-refractivity contribution >= 4 is 5.91 Å². The molecule has 1 amide bonds. The Morgan fingerprint density at radius 3 is 2.56 bits per heavy atom. The third-order valence-corrected chi connectivity index (χ3v) is 5.33. The second kappa shape index (κ2) is 5.20. The van der Waals surface area contributed by atoms with E-state index in [1.54, 1.807) is 0 Å². The average Bonchev–Trinajstić information content (AvgIpc) is 2.94. The molecule has 3 nitrogen and oxygen atoms in total. The SMILES string of the molecule is CC1CCN(CC(=O)NC2CC3CCC2C3)CC1. The molecule has 1 saturated heterocycles. The minimum atomic E-state index is 0.266. The van der Waals surface area contributed by atoms with Crippen LogP contribution in [0.2, 0.25) is 0 Å². The van der Waals surface area contributed by atoms with Crippen LogP contribution in [0.5, 0.6) is 0 Å². The molecule has 3 atom stereocenters. The van der Waals surface area contributed by atoms with Crippen LogP contribution in [0.4, 0.5) is 0 Å². The lowest BCUT2D eigenvalue weighted by Crippen LogP contribution is -2.45. The quantitative estimate of drug-likeness (QED) is 0.831. The molecule has 1 heterocycles. The summed E-state index contributed by atoms with van der Waals surface area (Å²) in [7, 11) is 0. The van der Waals surface area contributed by atoms with Crippen LogP contribution in [-0.4, -0.2) is 36.5 Å². The lowest BCUT2D eigenvalue weighted by atomic mass is 9.95. The van der Waals surface area contributed by atoms with Gasteiger partial charge in [0.25, 0.3) is 0 Å². The van der Waals surface area contributed by atoms with Crippen molar-refractivity contribution in [3.8, 4) is 0 Å². The summed E-state index contributed by atoms with van der Waals surface area (Å²) in [6.07, 6.45) is 7.86. The van der Waals surface area contributed by atoms with E-state index < -0.39 is 0 Å². The Bertz CT molecular complexity index is 310. The van der Waals surface area contributed by atoms with E-state index in [1.165, 1.54) is 38.5 Å². The lowest BCUT2D eigenvalue weighted by Gasteiger charge is -2.30. The van der Waals surface area contributed by atoms with Gasteiger partial charge in [0, 0.05) is 6.04 Å². The standard InChI is InChI=1S/C15H26N2O/c1-11-4-6-17(7-5-11)10-15(18)16-14-9-12-2-3-13(14)8-12/h11-14H,2-10H2,1H3,(H,16,18). The van der Waals surface area contributed by atoms with Crippen LogP contribution in [-0.2, 0) is 4.79 Å². The van der Waals surface area contributed by atoms with Crippen molar-refractivity contribution in [2.75, 3.05) is 19.6 Å². The largest absolute Gasteiger partial charge is 0.352 e. The number of nitrogens with one attached hydrogen (secondary N) is 1. The molecule has 3 unspecified atom stereocenters. The van der Waals surface area contributed by atoms with Gasteiger partial charge in [0.05, 0.1) is 6.54 Å². The molecule has 0 radical (unpaired) electrons. The van der Waals surface area contributed by atoms with Crippen LogP contribution < -0.4 is 5.32 Å². The molecule has 0 aromatic heterocycles. The van der Waals surface area contributed by atoms with Gasteiger partial charge in [-0.2, -0.15) is 0 Å². The summed E-state index contributed by atoms with van der Waals surface area (Å²) >= 11 is 0. The molecule has 1 N–H and O–H groups in total. The van der Waals surface area contributed by atoms with E-state index in [4.69, 9.17) is 0 Å². The Hall–Kier alpha value is -0.570. The monoisotopic (exact) mass is 250 g/mol. The predicted molar refractivity (Wildman–Crippen MR) is 72.2 cm³/mol. The molecule has 1 aliphatic heterocycles. The van der Waals surface area contributed by atoms with Crippen LogP contribution in [0.1, 0.15) is 45.4 Å². The summed E-state index contributed by atoms with van der Waals surface area (Å²) in [5.41, 5.74) is 0. The van der Waals surface area contributed by atoms with Crippen molar-refractivity contribution in [1.82, 2.24) is 10.2 Å². The second-order valence-electron chi connectivity index (χ2n) is 6.81. The first-order valence-corrected chi connectivity index (χ1v) is 7.72. The van der Waals surface area contributed by atoms with E-state index in [2.05, 4.69) is 17.1 Å². The molecule has 3 aliphatic rings. The van der Waals surface area contributed by atoms with Crippen LogP contribution in [0.3, 0.4) is 0 Å². The van der Waals surface area contributed by atoms with Crippen molar-refractivity contribution < 1.29 is 4.79 Å². The number of rotatable bonds is 3. The minimum absolute atomic E-state index is 0.266. The number of piperidine rings is 1. The molecular weight excluding hydrogens is 224 g/mol. The van der Waals surface area contributed by atoms with Crippen LogP contribution in [0, 0.1) is 17.8 Å². The maximum atomic E-state index is 12.1. The average molecular weight is 250 g/mol. The minimum Gasteiger partial charge on any atom is -0.352 e. The number of hydrogen-bond acceptors (Lipinski definition) is 2. The van der Waals surface area contributed by atoms with Gasteiger partial charge in [0.2, 0.25) is 5.91 Å². The summed E-state index contributed by atoms with van der Waals surface area (Å²) in [5.74, 6) is 2.81. The zero-order chi connectivity index (χ0) is 12.5. The first-order chi connectivity index (χ1) is 8.70. The highest BCUT2D eigenvalue weighted by atomic mass is 16.2. The third-order valence-electron chi connectivity index (χ3n) is 5.33. The second-order valence-corrected chi connectivity index (χ2v) is 6.81. The maximum absolute atomic E-state index is 12.1. The smallest absolute Gasteiger partial charge is 0.234 e. The number of amides is 1. The molecule has 2 aliphatic carbocycles.